The maximum Gasteiger partial charge on any atom is 0.243 e. The molecule has 0 aliphatic heterocycles. The number of nitrogens with one attached hydrogen (secondary N) is 1. The summed E-state index contributed by atoms with van der Waals surface area (Å²) in [7, 11) is -2.17. The molecule has 0 bridgehead atoms. The Balaban J connectivity index is 2.20. The number of hydrogen-bond donors (Lipinski definition) is 1. The van der Waals surface area contributed by atoms with E-state index in [1.165, 1.54) is 28.4 Å². The second kappa shape index (κ2) is 14.0. The Bertz CT molecular complexity index is 1110. The van der Waals surface area contributed by atoms with E-state index in [2.05, 4.69) is 5.32 Å². The molecule has 0 aromatic heterocycles. The van der Waals surface area contributed by atoms with Gasteiger partial charge in [0.25, 0.3) is 0 Å². The predicted molar refractivity (Wildman–Crippen MR) is 144 cm³/mol. The molecule has 2 atom stereocenters. The van der Waals surface area contributed by atoms with Crippen molar-refractivity contribution in [1.82, 2.24) is 14.5 Å². The van der Waals surface area contributed by atoms with E-state index in [0.29, 0.717) is 22.0 Å². The molecule has 0 aliphatic rings. The number of carbonyl (C=O) groups excluding carboxylic acids is 2. The largest absolute Gasteiger partial charge is 0.352 e. The maximum absolute atomic E-state index is 13.4. The topological polar surface area (TPSA) is 86.8 Å². The van der Waals surface area contributed by atoms with Crippen molar-refractivity contribution < 1.29 is 18.0 Å². The standard InChI is InChI=1S/C26H35Cl2N3O4S/c1-5-19(3)29-26(33)24(6-2)31(18-21-22(27)14-10-15-23(21)28)25(32)16-11-17-30(4)36(34,35)20-12-8-7-9-13-20/h7-10,12-15,19,24H,5-6,11,16-18H2,1-4H3,(H,29,33). The number of hydrogen-bond acceptors (Lipinski definition) is 4. The minimum Gasteiger partial charge on any atom is -0.352 e. The van der Waals surface area contributed by atoms with Crippen LogP contribution in [0.15, 0.2) is 53.4 Å². The Morgan fingerprint density at radius 2 is 1.58 bits per heavy atom. The van der Waals surface area contributed by atoms with Crippen molar-refractivity contribution in [2.24, 2.45) is 0 Å². The molecule has 2 unspecified atom stereocenters. The van der Waals surface area contributed by atoms with Crippen molar-refractivity contribution in [2.75, 3.05) is 13.6 Å². The first-order valence-corrected chi connectivity index (χ1v) is 14.3. The van der Waals surface area contributed by atoms with Gasteiger partial charge in [-0.15, -0.1) is 0 Å². The van der Waals surface area contributed by atoms with Crippen molar-refractivity contribution in [1.29, 1.82) is 0 Å². The monoisotopic (exact) mass is 555 g/mol. The third kappa shape index (κ3) is 7.93. The molecule has 0 fully saturated rings. The Morgan fingerprint density at radius 3 is 2.14 bits per heavy atom. The van der Waals surface area contributed by atoms with Crippen molar-refractivity contribution in [3.05, 3.63) is 64.1 Å². The Morgan fingerprint density at radius 1 is 0.972 bits per heavy atom. The van der Waals surface area contributed by atoms with Crippen LogP contribution < -0.4 is 5.32 Å². The van der Waals surface area contributed by atoms with Crippen LogP contribution in [0.2, 0.25) is 10.0 Å². The van der Waals surface area contributed by atoms with Gasteiger partial charge < -0.3 is 10.2 Å². The summed E-state index contributed by atoms with van der Waals surface area (Å²) in [5.74, 6) is -0.519. The molecule has 2 amide bonds. The number of nitrogens with zero attached hydrogens (tertiary/aromatic N) is 2. The summed E-state index contributed by atoms with van der Waals surface area (Å²) in [6.45, 7) is 5.94. The van der Waals surface area contributed by atoms with Gasteiger partial charge in [0.2, 0.25) is 21.8 Å². The van der Waals surface area contributed by atoms with E-state index >= 15 is 0 Å². The lowest BCUT2D eigenvalue weighted by Gasteiger charge is -2.32. The number of amides is 2. The average Bonchev–Trinajstić information content (AvgIpc) is 2.85. The number of sulfonamides is 1. The summed E-state index contributed by atoms with van der Waals surface area (Å²) in [6.07, 6.45) is 1.51. The van der Waals surface area contributed by atoms with Gasteiger partial charge in [0, 0.05) is 48.2 Å². The lowest BCUT2D eigenvalue weighted by atomic mass is 10.1. The summed E-state index contributed by atoms with van der Waals surface area (Å²) >= 11 is 12.7. The lowest BCUT2D eigenvalue weighted by molar-refractivity contribution is -0.141. The Hall–Kier alpha value is -2.13. The third-order valence-electron chi connectivity index (χ3n) is 6.09. The zero-order chi connectivity index (χ0) is 26.9. The number of halogens is 2. The van der Waals surface area contributed by atoms with E-state index in [1.807, 2.05) is 20.8 Å². The highest BCUT2D eigenvalue weighted by Gasteiger charge is 2.30. The van der Waals surface area contributed by atoms with E-state index in [1.54, 1.807) is 36.4 Å². The van der Waals surface area contributed by atoms with Gasteiger partial charge in [-0.05, 0) is 50.5 Å². The van der Waals surface area contributed by atoms with Crippen molar-refractivity contribution in [3.63, 3.8) is 0 Å². The molecule has 10 heteroatoms. The summed E-state index contributed by atoms with van der Waals surface area (Å²) in [5.41, 5.74) is 0.563. The number of rotatable bonds is 13. The van der Waals surface area contributed by atoms with Gasteiger partial charge >= 0.3 is 0 Å². The van der Waals surface area contributed by atoms with Gasteiger partial charge in [0.1, 0.15) is 6.04 Å². The summed E-state index contributed by atoms with van der Waals surface area (Å²) in [4.78, 5) is 28.2. The summed E-state index contributed by atoms with van der Waals surface area (Å²) in [5, 5.41) is 3.77. The van der Waals surface area contributed by atoms with Crippen LogP contribution in [0.25, 0.3) is 0 Å². The molecule has 0 heterocycles. The average molecular weight is 557 g/mol. The first-order chi connectivity index (χ1) is 17.0. The summed E-state index contributed by atoms with van der Waals surface area (Å²) in [6, 6.07) is 12.5. The molecule has 0 saturated carbocycles. The van der Waals surface area contributed by atoms with E-state index in [0.717, 1.165) is 6.42 Å². The highest BCUT2D eigenvalue weighted by molar-refractivity contribution is 7.89. The van der Waals surface area contributed by atoms with Crippen LogP contribution in [0.5, 0.6) is 0 Å². The second-order valence-corrected chi connectivity index (χ2v) is 11.6. The first kappa shape index (κ1) is 30.1. The van der Waals surface area contributed by atoms with Crippen LogP contribution in [0, 0.1) is 0 Å². The minimum atomic E-state index is -3.66. The molecule has 0 saturated heterocycles. The molecule has 0 radical (unpaired) electrons. The fourth-order valence-corrected chi connectivity index (χ4v) is 5.45. The van der Waals surface area contributed by atoms with E-state index in [9.17, 15) is 18.0 Å². The van der Waals surface area contributed by atoms with Crippen LogP contribution in [0.3, 0.4) is 0 Å². The maximum atomic E-state index is 13.4. The Kier molecular flexibility index (Phi) is 11.7. The SMILES string of the molecule is CCC(C)NC(=O)C(CC)N(Cc1c(Cl)cccc1Cl)C(=O)CCCN(C)S(=O)(=O)c1ccccc1. The van der Waals surface area contributed by atoms with Crippen LogP contribution in [0.4, 0.5) is 0 Å². The van der Waals surface area contributed by atoms with Crippen molar-refractivity contribution in [3.8, 4) is 0 Å². The zero-order valence-electron chi connectivity index (χ0n) is 21.2. The molecule has 0 aliphatic carbocycles. The lowest BCUT2D eigenvalue weighted by Crippen LogP contribution is -2.50. The molecule has 2 rings (SSSR count). The summed E-state index contributed by atoms with van der Waals surface area (Å²) < 4.78 is 26.8. The quantitative estimate of drug-likeness (QED) is 0.371. The predicted octanol–water partition coefficient (Wildman–Crippen LogP) is 5.12. The molecule has 0 spiro atoms. The van der Waals surface area contributed by atoms with Crippen LogP contribution in [0.1, 0.15) is 52.0 Å². The fourth-order valence-electron chi connectivity index (χ4n) is 3.70. The molecule has 1 N–H and O–H groups in total. The van der Waals surface area contributed by atoms with E-state index in [4.69, 9.17) is 23.2 Å². The van der Waals surface area contributed by atoms with E-state index < -0.39 is 16.1 Å². The van der Waals surface area contributed by atoms with Gasteiger partial charge in [0.05, 0.1) is 4.90 Å². The second-order valence-electron chi connectivity index (χ2n) is 8.71. The molecule has 7 nitrogen and oxygen atoms in total. The highest BCUT2D eigenvalue weighted by Crippen LogP contribution is 2.27. The fraction of sp³-hybridized carbons (Fsp3) is 0.462. The van der Waals surface area contributed by atoms with Crippen LogP contribution in [-0.2, 0) is 26.2 Å². The minimum absolute atomic E-state index is 0.0377. The zero-order valence-corrected chi connectivity index (χ0v) is 23.5. The van der Waals surface area contributed by atoms with Gasteiger partial charge in [0.15, 0.2) is 0 Å². The molecule has 198 valence electrons. The van der Waals surface area contributed by atoms with Crippen molar-refractivity contribution >= 4 is 45.0 Å². The molecular weight excluding hydrogens is 521 g/mol. The third-order valence-corrected chi connectivity index (χ3v) is 8.67. The Labute approximate surface area is 224 Å². The number of carbonyl (C=O) groups is 2. The van der Waals surface area contributed by atoms with Crippen LogP contribution >= 0.6 is 23.2 Å². The molecule has 2 aromatic rings. The smallest absolute Gasteiger partial charge is 0.243 e. The van der Waals surface area contributed by atoms with Crippen molar-refractivity contribution in [2.45, 2.75) is 70.0 Å². The molecule has 36 heavy (non-hydrogen) atoms. The molecule has 2 aromatic carbocycles. The normalized spacial score (nSPS) is 13.3. The van der Waals surface area contributed by atoms with Gasteiger partial charge in [-0.2, -0.15) is 0 Å². The number of benzene rings is 2. The molecular formula is C26H35Cl2N3O4S. The van der Waals surface area contributed by atoms with Gasteiger partial charge in [-0.3, -0.25) is 9.59 Å². The highest BCUT2D eigenvalue weighted by atomic mass is 35.5. The first-order valence-electron chi connectivity index (χ1n) is 12.1. The van der Waals surface area contributed by atoms with Gasteiger partial charge in [-0.25, -0.2) is 12.7 Å². The van der Waals surface area contributed by atoms with Crippen LogP contribution in [-0.4, -0.2) is 55.1 Å². The van der Waals surface area contributed by atoms with E-state index in [-0.39, 0.29) is 48.7 Å². The van der Waals surface area contributed by atoms with Gasteiger partial charge in [-0.1, -0.05) is 61.3 Å².